The molecule has 134 valence electrons. The SMILES string of the molecule is CCOc1ccc(NC(=O)c2csc(Nc3nc(C)cc(C)n3)n2)cc1. The maximum Gasteiger partial charge on any atom is 0.275 e. The Balaban J connectivity index is 1.65. The molecule has 0 unspecified atom stereocenters. The molecule has 2 aromatic heterocycles. The van der Waals surface area contributed by atoms with Gasteiger partial charge in [0.1, 0.15) is 11.4 Å². The molecule has 7 nitrogen and oxygen atoms in total. The Morgan fingerprint density at radius 3 is 2.46 bits per heavy atom. The second kappa shape index (κ2) is 7.92. The van der Waals surface area contributed by atoms with Crippen LogP contribution in [0.3, 0.4) is 0 Å². The summed E-state index contributed by atoms with van der Waals surface area (Å²) in [5.74, 6) is 0.953. The molecule has 0 saturated heterocycles. The Morgan fingerprint density at radius 2 is 1.81 bits per heavy atom. The molecule has 2 heterocycles. The fourth-order valence-electron chi connectivity index (χ4n) is 2.31. The molecular formula is C18H19N5O2S. The number of amides is 1. The topological polar surface area (TPSA) is 89.0 Å². The smallest absolute Gasteiger partial charge is 0.275 e. The summed E-state index contributed by atoms with van der Waals surface area (Å²) in [4.78, 5) is 25.3. The average Bonchev–Trinajstić information content (AvgIpc) is 3.04. The van der Waals surface area contributed by atoms with Crippen molar-refractivity contribution in [3.8, 4) is 5.75 Å². The highest BCUT2D eigenvalue weighted by molar-refractivity contribution is 7.14. The zero-order valence-electron chi connectivity index (χ0n) is 14.7. The normalized spacial score (nSPS) is 10.4. The van der Waals surface area contributed by atoms with Crippen molar-refractivity contribution in [3.05, 3.63) is 52.8 Å². The van der Waals surface area contributed by atoms with Crippen LogP contribution in [0, 0.1) is 13.8 Å². The number of ether oxygens (including phenoxy) is 1. The number of aromatic nitrogens is 3. The van der Waals surface area contributed by atoms with E-state index in [-0.39, 0.29) is 5.91 Å². The minimum Gasteiger partial charge on any atom is -0.494 e. The number of carbonyl (C=O) groups excluding carboxylic acids is 1. The molecule has 2 N–H and O–H groups in total. The fourth-order valence-corrected chi connectivity index (χ4v) is 2.99. The van der Waals surface area contributed by atoms with Crippen LogP contribution in [0.4, 0.5) is 16.8 Å². The molecule has 8 heteroatoms. The summed E-state index contributed by atoms with van der Waals surface area (Å²) in [5, 5.41) is 8.10. The van der Waals surface area contributed by atoms with Crippen LogP contribution in [0.25, 0.3) is 0 Å². The van der Waals surface area contributed by atoms with Crippen LogP contribution in [0.15, 0.2) is 35.7 Å². The largest absolute Gasteiger partial charge is 0.494 e. The van der Waals surface area contributed by atoms with Gasteiger partial charge in [0.15, 0.2) is 5.13 Å². The lowest BCUT2D eigenvalue weighted by atomic mass is 10.3. The summed E-state index contributed by atoms with van der Waals surface area (Å²) in [6.45, 7) is 6.33. The number of hydrogen-bond donors (Lipinski definition) is 2. The molecule has 0 fully saturated rings. The number of benzene rings is 1. The minimum absolute atomic E-state index is 0.278. The van der Waals surface area contributed by atoms with Crippen LogP contribution < -0.4 is 15.4 Å². The molecule has 1 aromatic carbocycles. The Morgan fingerprint density at radius 1 is 1.12 bits per heavy atom. The molecule has 26 heavy (non-hydrogen) atoms. The molecule has 0 spiro atoms. The van der Waals surface area contributed by atoms with Gasteiger partial charge in [-0.2, -0.15) is 0 Å². The number of carbonyl (C=O) groups is 1. The summed E-state index contributed by atoms with van der Waals surface area (Å²) in [6.07, 6.45) is 0. The number of aryl methyl sites for hydroxylation is 2. The first-order valence-electron chi connectivity index (χ1n) is 8.12. The maximum atomic E-state index is 12.3. The molecule has 0 aliphatic rings. The van der Waals surface area contributed by atoms with Gasteiger partial charge < -0.3 is 15.4 Å². The van der Waals surface area contributed by atoms with Gasteiger partial charge in [0.2, 0.25) is 5.95 Å². The highest BCUT2D eigenvalue weighted by atomic mass is 32.1. The van der Waals surface area contributed by atoms with E-state index >= 15 is 0 Å². The van der Waals surface area contributed by atoms with Crippen molar-refractivity contribution in [2.45, 2.75) is 20.8 Å². The molecule has 0 saturated carbocycles. The van der Waals surface area contributed by atoms with E-state index in [0.29, 0.717) is 29.1 Å². The van der Waals surface area contributed by atoms with Gasteiger partial charge in [-0.1, -0.05) is 0 Å². The van der Waals surface area contributed by atoms with Crippen molar-refractivity contribution < 1.29 is 9.53 Å². The third-order valence-electron chi connectivity index (χ3n) is 3.36. The highest BCUT2D eigenvalue weighted by Gasteiger charge is 2.12. The predicted molar refractivity (Wildman–Crippen MR) is 102 cm³/mol. The van der Waals surface area contributed by atoms with E-state index < -0.39 is 0 Å². The number of nitrogens with zero attached hydrogens (tertiary/aromatic N) is 3. The van der Waals surface area contributed by atoms with E-state index in [0.717, 1.165) is 17.1 Å². The number of anilines is 3. The van der Waals surface area contributed by atoms with Gasteiger partial charge in [0.25, 0.3) is 5.91 Å². The second-order valence-corrected chi connectivity index (χ2v) is 6.41. The first-order valence-corrected chi connectivity index (χ1v) is 9.00. The third kappa shape index (κ3) is 4.54. The lowest BCUT2D eigenvalue weighted by Gasteiger charge is -2.06. The Kier molecular flexibility index (Phi) is 5.43. The van der Waals surface area contributed by atoms with E-state index in [4.69, 9.17) is 4.74 Å². The van der Waals surface area contributed by atoms with Gasteiger partial charge in [0, 0.05) is 22.5 Å². The lowest BCUT2D eigenvalue weighted by molar-refractivity contribution is 0.102. The van der Waals surface area contributed by atoms with E-state index in [1.165, 1.54) is 11.3 Å². The lowest BCUT2D eigenvalue weighted by Crippen LogP contribution is -2.12. The zero-order valence-corrected chi connectivity index (χ0v) is 15.6. The maximum absolute atomic E-state index is 12.3. The minimum atomic E-state index is -0.278. The summed E-state index contributed by atoms with van der Waals surface area (Å²) >= 11 is 1.32. The molecule has 3 aromatic rings. The number of rotatable bonds is 6. The van der Waals surface area contributed by atoms with Crippen molar-refractivity contribution in [2.75, 3.05) is 17.2 Å². The van der Waals surface area contributed by atoms with Crippen LogP contribution in [-0.2, 0) is 0 Å². The van der Waals surface area contributed by atoms with Crippen molar-refractivity contribution in [1.29, 1.82) is 0 Å². The zero-order chi connectivity index (χ0) is 18.5. The molecule has 0 aliphatic heterocycles. The first-order chi connectivity index (χ1) is 12.5. The molecule has 0 atom stereocenters. The van der Waals surface area contributed by atoms with Crippen molar-refractivity contribution in [3.63, 3.8) is 0 Å². The van der Waals surface area contributed by atoms with Gasteiger partial charge in [-0.05, 0) is 51.1 Å². The molecule has 0 bridgehead atoms. The number of thiazole rings is 1. The van der Waals surface area contributed by atoms with E-state index in [9.17, 15) is 4.79 Å². The summed E-state index contributed by atoms with van der Waals surface area (Å²) in [5.41, 5.74) is 2.74. The van der Waals surface area contributed by atoms with Gasteiger partial charge in [-0.15, -0.1) is 11.3 Å². The number of nitrogens with one attached hydrogen (secondary N) is 2. The Labute approximate surface area is 155 Å². The van der Waals surface area contributed by atoms with Gasteiger partial charge in [-0.25, -0.2) is 15.0 Å². The molecule has 0 aliphatic carbocycles. The second-order valence-electron chi connectivity index (χ2n) is 5.55. The quantitative estimate of drug-likeness (QED) is 0.684. The van der Waals surface area contributed by atoms with Crippen molar-refractivity contribution in [2.24, 2.45) is 0 Å². The molecule has 0 radical (unpaired) electrons. The van der Waals surface area contributed by atoms with Gasteiger partial charge in [0.05, 0.1) is 6.61 Å². The predicted octanol–water partition coefficient (Wildman–Crippen LogP) is 3.94. The standard InChI is InChI=1S/C18H19N5O2S/c1-4-25-14-7-5-13(6-8-14)21-16(24)15-10-26-18(22-15)23-17-19-11(2)9-12(3)20-17/h5-10H,4H2,1-3H3,(H,21,24)(H,19,20,22,23). The molecular weight excluding hydrogens is 350 g/mol. The first kappa shape index (κ1) is 17.8. The van der Waals surface area contributed by atoms with Crippen LogP contribution in [0.2, 0.25) is 0 Å². The van der Waals surface area contributed by atoms with Crippen molar-refractivity contribution >= 4 is 34.0 Å². The molecule has 3 rings (SSSR count). The summed E-state index contributed by atoms with van der Waals surface area (Å²) in [7, 11) is 0. The van der Waals surface area contributed by atoms with Crippen LogP contribution >= 0.6 is 11.3 Å². The van der Waals surface area contributed by atoms with Crippen LogP contribution in [0.1, 0.15) is 28.8 Å². The van der Waals surface area contributed by atoms with E-state index in [1.54, 1.807) is 17.5 Å². The van der Waals surface area contributed by atoms with Crippen LogP contribution in [-0.4, -0.2) is 27.5 Å². The average molecular weight is 369 g/mol. The van der Waals surface area contributed by atoms with E-state index in [1.807, 2.05) is 39.0 Å². The molecule has 1 amide bonds. The van der Waals surface area contributed by atoms with E-state index in [2.05, 4.69) is 25.6 Å². The summed E-state index contributed by atoms with van der Waals surface area (Å²) < 4.78 is 5.38. The van der Waals surface area contributed by atoms with Gasteiger partial charge in [-0.3, -0.25) is 4.79 Å². The Hall–Kier alpha value is -3.00. The monoisotopic (exact) mass is 369 g/mol. The third-order valence-corrected chi connectivity index (χ3v) is 4.12. The van der Waals surface area contributed by atoms with Gasteiger partial charge >= 0.3 is 0 Å². The highest BCUT2D eigenvalue weighted by Crippen LogP contribution is 2.21. The van der Waals surface area contributed by atoms with Crippen molar-refractivity contribution in [1.82, 2.24) is 15.0 Å². The fraction of sp³-hybridized carbons (Fsp3) is 0.222. The summed E-state index contributed by atoms with van der Waals surface area (Å²) in [6, 6.07) is 9.09. The Bertz CT molecular complexity index is 888. The van der Waals surface area contributed by atoms with Crippen LogP contribution in [0.5, 0.6) is 5.75 Å². The number of hydrogen-bond acceptors (Lipinski definition) is 7.